The number of hydrogen-bond donors (Lipinski definition) is 0. The highest BCUT2D eigenvalue weighted by Crippen LogP contribution is 2.33. The van der Waals surface area contributed by atoms with E-state index in [0.717, 1.165) is 19.4 Å². The van der Waals surface area contributed by atoms with Gasteiger partial charge >= 0.3 is 0 Å². The third-order valence-corrected chi connectivity index (χ3v) is 3.24. The zero-order chi connectivity index (χ0) is 14.5. The first-order valence-corrected chi connectivity index (χ1v) is 5.63. The van der Waals surface area contributed by atoms with E-state index in [2.05, 4.69) is 0 Å². The van der Waals surface area contributed by atoms with Crippen LogP contribution in [0, 0.1) is 29.9 Å². The van der Waals surface area contributed by atoms with Crippen molar-refractivity contribution in [2.24, 2.45) is 5.92 Å². The van der Waals surface area contributed by atoms with Gasteiger partial charge in [0.25, 0.3) is 0 Å². The zero-order valence-electron chi connectivity index (χ0n) is 12.2. The predicted molar refractivity (Wildman–Crippen MR) is 64.1 cm³/mol. The molecule has 17 heavy (non-hydrogen) atoms. The van der Waals surface area contributed by atoms with Crippen molar-refractivity contribution in [1.82, 2.24) is 4.57 Å². The molecule has 0 radical (unpaired) electrons. The largest absolute Gasteiger partial charge is 0.346 e. The predicted octanol–water partition coefficient (Wildman–Crippen LogP) is 3.37. The third-order valence-electron chi connectivity index (χ3n) is 3.24. The molecule has 3 rings (SSSR count). The van der Waals surface area contributed by atoms with Gasteiger partial charge in [-0.25, -0.2) is 4.39 Å². The summed E-state index contributed by atoms with van der Waals surface area (Å²) < 4.78 is 38.0. The maximum absolute atomic E-state index is 13.9. The SMILES string of the molecule is [2H]C([2H])([2H])c1cc2c(cc1F)c(C#N)cn2CC1CC1. The average molecular weight is 231 g/mol. The average Bonchev–Trinajstić information content (AvgIpc) is 3.10. The molecule has 86 valence electrons. The second-order valence-electron chi connectivity index (χ2n) is 4.60. The smallest absolute Gasteiger partial charge is 0.126 e. The first-order chi connectivity index (χ1) is 9.40. The lowest BCUT2D eigenvalue weighted by Gasteiger charge is -2.04. The lowest BCUT2D eigenvalue weighted by molar-refractivity contribution is 0.619. The molecule has 1 aliphatic rings. The summed E-state index contributed by atoms with van der Waals surface area (Å²) in [5, 5.41) is 9.61. The van der Waals surface area contributed by atoms with Crippen LogP contribution in [0.5, 0.6) is 0 Å². The highest BCUT2D eigenvalue weighted by atomic mass is 19.1. The van der Waals surface area contributed by atoms with Gasteiger partial charge in [0, 0.05) is 27.8 Å². The van der Waals surface area contributed by atoms with E-state index in [9.17, 15) is 4.39 Å². The van der Waals surface area contributed by atoms with Crippen molar-refractivity contribution in [3.63, 3.8) is 0 Å². The van der Waals surface area contributed by atoms with Gasteiger partial charge in [-0.15, -0.1) is 0 Å². The minimum absolute atomic E-state index is 0.287. The Labute approximate surface area is 103 Å². The van der Waals surface area contributed by atoms with Gasteiger partial charge in [-0.3, -0.25) is 0 Å². The zero-order valence-corrected chi connectivity index (χ0v) is 9.20. The molecular formula is C14H13FN2. The first kappa shape index (κ1) is 7.50. The summed E-state index contributed by atoms with van der Waals surface area (Å²) >= 11 is 0. The molecule has 1 saturated carbocycles. The van der Waals surface area contributed by atoms with E-state index in [1.54, 1.807) is 6.20 Å². The van der Waals surface area contributed by atoms with Crippen LogP contribution in [0.2, 0.25) is 0 Å². The van der Waals surface area contributed by atoms with Gasteiger partial charge in [0.05, 0.1) is 5.56 Å². The van der Waals surface area contributed by atoms with Gasteiger partial charge in [-0.2, -0.15) is 5.26 Å². The molecule has 0 aliphatic heterocycles. The molecule has 2 nitrogen and oxygen atoms in total. The van der Waals surface area contributed by atoms with Gasteiger partial charge in [0.2, 0.25) is 0 Å². The summed E-state index contributed by atoms with van der Waals surface area (Å²) in [5.74, 6) is -0.198. The number of aryl methyl sites for hydroxylation is 1. The monoisotopic (exact) mass is 231 g/mol. The Hall–Kier alpha value is -1.82. The summed E-state index contributed by atoms with van der Waals surface area (Å²) in [6.45, 7) is -1.73. The van der Waals surface area contributed by atoms with Gasteiger partial charge in [-0.05, 0) is 43.3 Å². The van der Waals surface area contributed by atoms with Crippen LogP contribution in [0.3, 0.4) is 0 Å². The molecule has 2 aromatic rings. The normalized spacial score (nSPS) is 18.5. The maximum Gasteiger partial charge on any atom is 0.126 e. The third kappa shape index (κ3) is 1.70. The van der Waals surface area contributed by atoms with E-state index in [-0.39, 0.29) is 5.56 Å². The fraction of sp³-hybridized carbons (Fsp3) is 0.357. The van der Waals surface area contributed by atoms with E-state index in [1.807, 2.05) is 10.6 Å². The van der Waals surface area contributed by atoms with Crippen molar-refractivity contribution in [1.29, 1.82) is 5.26 Å². The molecule has 1 aliphatic carbocycles. The molecule has 1 aromatic carbocycles. The Bertz CT molecular complexity index is 721. The molecule has 0 atom stereocenters. The highest BCUT2D eigenvalue weighted by Gasteiger charge is 2.23. The number of rotatable bonds is 2. The van der Waals surface area contributed by atoms with Crippen molar-refractivity contribution >= 4 is 10.9 Å². The van der Waals surface area contributed by atoms with Gasteiger partial charge < -0.3 is 4.57 Å². The van der Waals surface area contributed by atoms with Gasteiger partial charge in [0.1, 0.15) is 11.9 Å². The molecule has 1 heterocycles. The molecule has 3 heteroatoms. The highest BCUT2D eigenvalue weighted by molar-refractivity contribution is 5.87. The number of halogens is 1. The topological polar surface area (TPSA) is 28.7 Å². The number of benzene rings is 1. The molecule has 0 bridgehead atoms. The molecule has 0 N–H and O–H groups in total. The fourth-order valence-corrected chi connectivity index (χ4v) is 2.13. The molecule has 0 amide bonds. The number of nitrogens with zero attached hydrogens (tertiary/aromatic N) is 2. The lowest BCUT2D eigenvalue weighted by atomic mass is 10.1. The minimum Gasteiger partial charge on any atom is -0.346 e. The Morgan fingerprint density at radius 3 is 3.06 bits per heavy atom. The summed E-state index contributed by atoms with van der Waals surface area (Å²) in [7, 11) is 0. The van der Waals surface area contributed by atoms with Crippen molar-refractivity contribution in [2.45, 2.75) is 26.2 Å². The quantitative estimate of drug-likeness (QED) is 0.779. The van der Waals surface area contributed by atoms with Crippen LogP contribution in [-0.4, -0.2) is 4.57 Å². The number of aromatic nitrogens is 1. The standard InChI is InChI=1S/C14H13FN2/c1-9-4-14-12(5-13(9)15)11(6-16)8-17(14)7-10-2-3-10/h4-5,8,10H,2-3,7H2,1H3/i1D3. The van der Waals surface area contributed by atoms with E-state index in [4.69, 9.17) is 9.37 Å². The van der Waals surface area contributed by atoms with Crippen LogP contribution < -0.4 is 0 Å². The van der Waals surface area contributed by atoms with Crippen LogP contribution in [0.4, 0.5) is 4.39 Å². The van der Waals surface area contributed by atoms with E-state index >= 15 is 0 Å². The number of nitriles is 1. The van der Waals surface area contributed by atoms with Gasteiger partial charge in [0.15, 0.2) is 0 Å². The number of fused-ring (bicyclic) bond motifs is 1. The van der Waals surface area contributed by atoms with Crippen LogP contribution in [0.15, 0.2) is 18.3 Å². The van der Waals surface area contributed by atoms with Crippen molar-refractivity contribution in [3.8, 4) is 6.07 Å². The Morgan fingerprint density at radius 1 is 1.59 bits per heavy atom. The second-order valence-corrected chi connectivity index (χ2v) is 4.60. The van der Waals surface area contributed by atoms with Crippen molar-refractivity contribution in [2.75, 3.05) is 0 Å². The Balaban J connectivity index is 2.22. The summed E-state index contributed by atoms with van der Waals surface area (Å²) in [4.78, 5) is 0. The van der Waals surface area contributed by atoms with Crippen LogP contribution in [-0.2, 0) is 6.54 Å². The number of hydrogen-bond acceptors (Lipinski definition) is 1. The van der Waals surface area contributed by atoms with Crippen molar-refractivity contribution in [3.05, 3.63) is 35.3 Å². The molecule has 1 fully saturated rings. The van der Waals surface area contributed by atoms with E-state index in [1.165, 1.54) is 12.1 Å². The molecule has 1 aromatic heterocycles. The maximum atomic E-state index is 13.9. The van der Waals surface area contributed by atoms with E-state index < -0.39 is 12.7 Å². The molecule has 0 saturated heterocycles. The van der Waals surface area contributed by atoms with Gasteiger partial charge in [-0.1, -0.05) is 0 Å². The van der Waals surface area contributed by atoms with Crippen LogP contribution in [0.1, 0.15) is 28.1 Å². The minimum atomic E-state index is -2.49. The molecular weight excluding hydrogens is 215 g/mol. The van der Waals surface area contributed by atoms with E-state index in [0.29, 0.717) is 22.4 Å². The Morgan fingerprint density at radius 2 is 2.41 bits per heavy atom. The fourth-order valence-electron chi connectivity index (χ4n) is 2.13. The van der Waals surface area contributed by atoms with Crippen molar-refractivity contribution < 1.29 is 8.50 Å². The van der Waals surface area contributed by atoms with Crippen LogP contribution in [0.25, 0.3) is 10.9 Å². The molecule has 0 spiro atoms. The second kappa shape index (κ2) is 3.59. The summed E-state index contributed by atoms with van der Waals surface area (Å²) in [6, 6.07) is 4.57. The summed E-state index contributed by atoms with van der Waals surface area (Å²) in [6.07, 6.45) is 3.98. The van der Waals surface area contributed by atoms with Crippen LogP contribution >= 0.6 is 0 Å². The Kier molecular flexibility index (Phi) is 1.58. The molecule has 0 unspecified atom stereocenters. The first-order valence-electron chi connectivity index (χ1n) is 7.13. The lowest BCUT2D eigenvalue weighted by Crippen LogP contribution is -1.97. The summed E-state index contributed by atoms with van der Waals surface area (Å²) in [5.41, 5.74) is 0.724.